The molecule has 0 spiro atoms. The molecule has 0 bridgehead atoms. The van der Waals surface area contributed by atoms with Crippen LogP contribution in [0.4, 0.5) is 0 Å². The summed E-state index contributed by atoms with van der Waals surface area (Å²) < 4.78 is 6.01. The summed E-state index contributed by atoms with van der Waals surface area (Å²) in [5.74, 6) is 1.55. The molecule has 2 unspecified atom stereocenters. The second-order valence-electron chi connectivity index (χ2n) is 3.42. The smallest absolute Gasteiger partial charge is 0.159 e. The van der Waals surface area contributed by atoms with E-state index in [1.165, 1.54) is 12.1 Å². The first-order chi connectivity index (χ1) is 6.20. The molecule has 0 aromatic rings. The molecule has 0 amide bonds. The first-order valence-corrected chi connectivity index (χ1v) is 10.9. The molecule has 0 saturated carbocycles. The molecule has 0 aliphatic rings. The molecule has 13 heavy (non-hydrogen) atoms. The maximum absolute atomic E-state index is 6.01. The molecule has 0 aromatic heterocycles. The Balaban J connectivity index is 3.35. The van der Waals surface area contributed by atoms with Crippen molar-refractivity contribution in [3.05, 3.63) is 0 Å². The van der Waals surface area contributed by atoms with Crippen molar-refractivity contribution >= 4 is 41.3 Å². The zero-order valence-electron chi connectivity index (χ0n) is 8.56. The van der Waals surface area contributed by atoms with E-state index >= 15 is 0 Å². The van der Waals surface area contributed by atoms with Crippen molar-refractivity contribution in [1.29, 1.82) is 0 Å². The molecule has 0 fully saturated rings. The van der Waals surface area contributed by atoms with Gasteiger partial charge in [-0.15, -0.1) is 23.2 Å². The van der Waals surface area contributed by atoms with E-state index < -0.39 is 18.1 Å². The highest BCUT2D eigenvalue weighted by Crippen LogP contribution is 2.07. The van der Waals surface area contributed by atoms with Crippen molar-refractivity contribution in [1.82, 2.24) is 0 Å². The summed E-state index contributed by atoms with van der Waals surface area (Å²) in [6.07, 6.45) is 2.23. The standard InChI is InChI=1S/C8H20Cl2OSi2/c1-12(7-3-5-9)11-13(2)8-4-6-10/h12-13H,3-8H2,1-2H3. The van der Waals surface area contributed by atoms with Crippen molar-refractivity contribution in [2.45, 2.75) is 38.0 Å². The van der Waals surface area contributed by atoms with Gasteiger partial charge < -0.3 is 4.12 Å². The molecule has 0 N–H and O–H groups in total. The van der Waals surface area contributed by atoms with Gasteiger partial charge >= 0.3 is 0 Å². The van der Waals surface area contributed by atoms with Crippen LogP contribution in [0.1, 0.15) is 12.8 Å². The van der Waals surface area contributed by atoms with Crippen molar-refractivity contribution < 1.29 is 4.12 Å². The lowest BCUT2D eigenvalue weighted by atomic mass is 10.6. The molecule has 0 aliphatic carbocycles. The maximum atomic E-state index is 6.01. The van der Waals surface area contributed by atoms with Gasteiger partial charge in [0, 0.05) is 11.8 Å². The average Bonchev–Trinajstić information content (AvgIpc) is 2.11. The van der Waals surface area contributed by atoms with Crippen LogP contribution in [-0.4, -0.2) is 29.8 Å². The molecule has 0 rings (SSSR count). The molecular weight excluding hydrogens is 239 g/mol. The maximum Gasteiger partial charge on any atom is 0.159 e. The van der Waals surface area contributed by atoms with Crippen LogP contribution in [-0.2, 0) is 4.12 Å². The Morgan fingerprint density at radius 2 is 1.31 bits per heavy atom. The van der Waals surface area contributed by atoms with Gasteiger partial charge in [-0.25, -0.2) is 0 Å². The van der Waals surface area contributed by atoms with E-state index in [0.717, 1.165) is 24.6 Å². The van der Waals surface area contributed by atoms with Gasteiger partial charge in [0.1, 0.15) is 0 Å². The highest BCUT2D eigenvalue weighted by molar-refractivity contribution is 6.64. The normalized spacial score (nSPS) is 15.7. The van der Waals surface area contributed by atoms with Crippen molar-refractivity contribution in [2.24, 2.45) is 0 Å². The van der Waals surface area contributed by atoms with Gasteiger partial charge in [-0.05, 0) is 38.0 Å². The molecule has 5 heteroatoms. The second-order valence-corrected chi connectivity index (χ2v) is 9.66. The van der Waals surface area contributed by atoms with Crippen molar-refractivity contribution in [3.63, 3.8) is 0 Å². The number of halogens is 2. The van der Waals surface area contributed by atoms with E-state index in [1.54, 1.807) is 0 Å². The summed E-state index contributed by atoms with van der Waals surface area (Å²) in [6.45, 7) is 4.55. The lowest BCUT2D eigenvalue weighted by Gasteiger charge is -2.16. The van der Waals surface area contributed by atoms with Gasteiger partial charge in [0.05, 0.1) is 0 Å². The highest BCUT2D eigenvalue weighted by atomic mass is 35.5. The minimum atomic E-state index is -0.886. The average molecular weight is 259 g/mol. The van der Waals surface area contributed by atoms with E-state index in [2.05, 4.69) is 13.1 Å². The Morgan fingerprint density at radius 3 is 1.62 bits per heavy atom. The monoisotopic (exact) mass is 258 g/mol. The van der Waals surface area contributed by atoms with Crippen LogP contribution in [0.15, 0.2) is 0 Å². The fourth-order valence-electron chi connectivity index (χ4n) is 1.26. The summed E-state index contributed by atoms with van der Waals surface area (Å²) >= 11 is 11.3. The van der Waals surface area contributed by atoms with E-state index in [1.807, 2.05) is 0 Å². The zero-order valence-corrected chi connectivity index (χ0v) is 12.4. The van der Waals surface area contributed by atoms with Crippen molar-refractivity contribution in [2.75, 3.05) is 11.8 Å². The predicted molar refractivity (Wildman–Crippen MR) is 67.4 cm³/mol. The van der Waals surface area contributed by atoms with Gasteiger partial charge in [0.15, 0.2) is 18.1 Å². The summed E-state index contributed by atoms with van der Waals surface area (Å²) in [5.41, 5.74) is 0. The minimum absolute atomic E-state index is 0.776. The largest absolute Gasteiger partial charge is 0.460 e. The SMILES string of the molecule is C[SiH](CCCCl)O[SiH](C)CCCCl. The first-order valence-electron chi connectivity index (χ1n) is 4.98. The van der Waals surface area contributed by atoms with Crippen LogP contribution in [0, 0.1) is 0 Å². The highest BCUT2D eigenvalue weighted by Gasteiger charge is 2.10. The zero-order chi connectivity index (χ0) is 10.1. The number of alkyl halides is 2. The van der Waals surface area contributed by atoms with Gasteiger partial charge in [0.25, 0.3) is 0 Å². The van der Waals surface area contributed by atoms with Gasteiger partial charge in [-0.2, -0.15) is 0 Å². The Hall–Kier alpha value is 0.974. The predicted octanol–water partition coefficient (Wildman–Crippen LogP) is 2.97. The summed E-state index contributed by atoms with van der Waals surface area (Å²) in [6, 6.07) is 2.45. The quantitative estimate of drug-likeness (QED) is 0.481. The second kappa shape index (κ2) is 9.53. The summed E-state index contributed by atoms with van der Waals surface area (Å²) in [5, 5.41) is 0. The fraction of sp³-hybridized carbons (Fsp3) is 1.00. The minimum Gasteiger partial charge on any atom is -0.460 e. The van der Waals surface area contributed by atoms with E-state index in [9.17, 15) is 0 Å². The van der Waals surface area contributed by atoms with Gasteiger partial charge in [-0.3, -0.25) is 0 Å². The van der Waals surface area contributed by atoms with E-state index in [-0.39, 0.29) is 0 Å². The third kappa shape index (κ3) is 9.28. The molecule has 1 nitrogen and oxygen atoms in total. The van der Waals surface area contributed by atoms with Crippen LogP contribution in [0.3, 0.4) is 0 Å². The Bertz CT molecular complexity index is 104. The van der Waals surface area contributed by atoms with Crippen molar-refractivity contribution in [3.8, 4) is 0 Å². The van der Waals surface area contributed by atoms with Crippen LogP contribution in [0.5, 0.6) is 0 Å². The van der Waals surface area contributed by atoms with Crippen LogP contribution >= 0.6 is 23.2 Å². The third-order valence-electron chi connectivity index (χ3n) is 1.95. The molecule has 0 radical (unpaired) electrons. The number of hydrogen-bond donors (Lipinski definition) is 0. The molecule has 0 aromatic carbocycles. The Labute approximate surface area is 95.2 Å². The number of rotatable bonds is 8. The summed E-state index contributed by atoms with van der Waals surface area (Å²) in [7, 11) is -1.77. The molecule has 0 heterocycles. The molecule has 0 aliphatic heterocycles. The van der Waals surface area contributed by atoms with Crippen LogP contribution in [0.25, 0.3) is 0 Å². The molecule has 0 saturated heterocycles. The molecule has 2 atom stereocenters. The topological polar surface area (TPSA) is 9.23 Å². The van der Waals surface area contributed by atoms with E-state index in [0.29, 0.717) is 0 Å². The van der Waals surface area contributed by atoms with Crippen LogP contribution < -0.4 is 0 Å². The Kier molecular flexibility index (Phi) is 10.2. The lowest BCUT2D eigenvalue weighted by molar-refractivity contribution is 0.584. The van der Waals surface area contributed by atoms with Gasteiger partial charge in [-0.1, -0.05) is 0 Å². The fourth-order valence-corrected chi connectivity index (χ4v) is 7.91. The van der Waals surface area contributed by atoms with Gasteiger partial charge in [0.2, 0.25) is 0 Å². The molecular formula is C8H20Cl2OSi2. The lowest BCUT2D eigenvalue weighted by Crippen LogP contribution is -2.24. The summed E-state index contributed by atoms with van der Waals surface area (Å²) in [4.78, 5) is 0. The number of hydrogen-bond acceptors (Lipinski definition) is 1. The Morgan fingerprint density at radius 1 is 0.923 bits per heavy atom. The first kappa shape index (κ1) is 14.0. The van der Waals surface area contributed by atoms with E-state index in [4.69, 9.17) is 27.3 Å². The van der Waals surface area contributed by atoms with Crippen LogP contribution in [0.2, 0.25) is 25.2 Å². The molecule has 80 valence electrons. The third-order valence-corrected chi connectivity index (χ3v) is 8.65.